The molecular formula is C26H29N5O3. The van der Waals surface area contributed by atoms with E-state index >= 15 is 0 Å². The standard InChI is InChI=1S/C26H29N5O3/c1-34-20-7-6-17-2-5-19-13-27-26(29-23(19)21(17)12-20)31-24(18-3-4-18)22(14-28-31)25(33)30-10-8-16(15-32)9-11-30/h6-7,12-14,16,18,32H,2-5,8-11,15H2,1H3. The summed E-state index contributed by atoms with van der Waals surface area (Å²) in [7, 11) is 1.67. The summed E-state index contributed by atoms with van der Waals surface area (Å²) >= 11 is 0. The average molecular weight is 460 g/mol. The maximum absolute atomic E-state index is 13.4. The van der Waals surface area contributed by atoms with Gasteiger partial charge in [0.05, 0.1) is 30.3 Å². The molecule has 2 aromatic heterocycles. The Hall–Kier alpha value is -3.26. The van der Waals surface area contributed by atoms with E-state index in [1.54, 1.807) is 18.0 Å². The molecule has 3 heterocycles. The van der Waals surface area contributed by atoms with E-state index in [0.717, 1.165) is 66.8 Å². The minimum atomic E-state index is 0.0255. The maximum Gasteiger partial charge on any atom is 0.257 e. The third-order valence-electron chi connectivity index (χ3n) is 7.44. The van der Waals surface area contributed by atoms with Crippen LogP contribution in [0.1, 0.15) is 58.8 Å². The lowest BCUT2D eigenvalue weighted by Crippen LogP contribution is -2.39. The molecule has 8 heteroatoms. The van der Waals surface area contributed by atoms with Gasteiger partial charge in [0.2, 0.25) is 0 Å². The first-order valence-electron chi connectivity index (χ1n) is 12.2. The second-order valence-corrected chi connectivity index (χ2v) is 9.61. The van der Waals surface area contributed by atoms with Crippen molar-refractivity contribution in [2.45, 2.75) is 44.4 Å². The van der Waals surface area contributed by atoms with Gasteiger partial charge in [-0.15, -0.1) is 0 Å². The molecule has 0 unspecified atom stereocenters. The highest BCUT2D eigenvalue weighted by Crippen LogP contribution is 2.43. The van der Waals surface area contributed by atoms with Crippen LogP contribution < -0.4 is 4.74 Å². The molecule has 1 saturated carbocycles. The number of nitrogens with zero attached hydrogens (tertiary/aromatic N) is 5. The smallest absolute Gasteiger partial charge is 0.257 e. The topological polar surface area (TPSA) is 93.4 Å². The number of rotatable bonds is 5. The fraction of sp³-hybridized carbons (Fsp3) is 0.462. The predicted octanol–water partition coefficient (Wildman–Crippen LogP) is 3.16. The van der Waals surface area contributed by atoms with Crippen molar-refractivity contribution in [2.24, 2.45) is 5.92 Å². The summed E-state index contributed by atoms with van der Waals surface area (Å²) in [6.07, 6.45) is 9.21. The number of aryl methyl sites for hydroxylation is 2. The van der Waals surface area contributed by atoms with Gasteiger partial charge < -0.3 is 14.7 Å². The van der Waals surface area contributed by atoms with Crippen LogP contribution in [-0.2, 0) is 12.8 Å². The zero-order valence-electron chi connectivity index (χ0n) is 19.4. The Morgan fingerprint density at radius 3 is 2.65 bits per heavy atom. The summed E-state index contributed by atoms with van der Waals surface area (Å²) in [6.45, 7) is 1.54. The molecule has 1 amide bonds. The zero-order valence-corrected chi connectivity index (χ0v) is 19.4. The van der Waals surface area contributed by atoms with Gasteiger partial charge in [-0.2, -0.15) is 5.10 Å². The van der Waals surface area contributed by atoms with Crippen LogP contribution in [0.15, 0.2) is 30.6 Å². The van der Waals surface area contributed by atoms with Gasteiger partial charge in [0.1, 0.15) is 5.75 Å². The molecule has 8 nitrogen and oxygen atoms in total. The lowest BCUT2D eigenvalue weighted by Gasteiger charge is -2.31. The average Bonchev–Trinajstić information content (AvgIpc) is 3.65. The van der Waals surface area contributed by atoms with Gasteiger partial charge in [0.15, 0.2) is 0 Å². The minimum Gasteiger partial charge on any atom is -0.497 e. The van der Waals surface area contributed by atoms with Crippen LogP contribution in [0.3, 0.4) is 0 Å². The number of aromatic nitrogens is 4. The van der Waals surface area contributed by atoms with E-state index in [4.69, 9.17) is 9.72 Å². The number of aliphatic hydroxyl groups excluding tert-OH is 1. The number of carbonyl (C=O) groups excluding carboxylic acids is 1. The number of benzene rings is 1. The predicted molar refractivity (Wildman–Crippen MR) is 126 cm³/mol. The zero-order chi connectivity index (χ0) is 23.2. The summed E-state index contributed by atoms with van der Waals surface area (Å²) in [5, 5.41) is 14.0. The van der Waals surface area contributed by atoms with Gasteiger partial charge in [-0.25, -0.2) is 14.6 Å². The Balaban J connectivity index is 1.37. The first-order chi connectivity index (χ1) is 16.7. The fourth-order valence-corrected chi connectivity index (χ4v) is 5.23. The van der Waals surface area contributed by atoms with E-state index < -0.39 is 0 Å². The van der Waals surface area contributed by atoms with Crippen molar-refractivity contribution in [3.63, 3.8) is 0 Å². The molecule has 1 saturated heterocycles. The van der Waals surface area contributed by atoms with E-state index in [1.165, 1.54) is 5.56 Å². The molecule has 0 bridgehead atoms. The lowest BCUT2D eigenvalue weighted by atomic mass is 9.90. The van der Waals surface area contributed by atoms with Crippen LogP contribution in [0.4, 0.5) is 0 Å². The highest BCUT2D eigenvalue weighted by molar-refractivity contribution is 5.95. The Bertz CT molecular complexity index is 1240. The van der Waals surface area contributed by atoms with Crippen LogP contribution in [-0.4, -0.2) is 62.5 Å². The monoisotopic (exact) mass is 459 g/mol. The van der Waals surface area contributed by atoms with Crippen molar-refractivity contribution < 1.29 is 14.6 Å². The Kier molecular flexibility index (Phi) is 5.32. The Labute approximate surface area is 198 Å². The summed E-state index contributed by atoms with van der Waals surface area (Å²) < 4.78 is 7.23. The van der Waals surface area contributed by atoms with Crippen molar-refractivity contribution in [3.8, 4) is 23.0 Å². The van der Waals surface area contributed by atoms with E-state index in [1.807, 2.05) is 23.2 Å². The van der Waals surface area contributed by atoms with E-state index in [9.17, 15) is 9.90 Å². The number of aliphatic hydroxyl groups is 1. The van der Waals surface area contributed by atoms with Crippen molar-refractivity contribution in [1.29, 1.82) is 0 Å². The van der Waals surface area contributed by atoms with Gasteiger partial charge in [-0.1, -0.05) is 6.07 Å². The van der Waals surface area contributed by atoms with Crippen LogP contribution in [0, 0.1) is 5.92 Å². The van der Waals surface area contributed by atoms with E-state index in [-0.39, 0.29) is 12.5 Å². The molecule has 176 valence electrons. The van der Waals surface area contributed by atoms with Crippen molar-refractivity contribution in [1.82, 2.24) is 24.6 Å². The Morgan fingerprint density at radius 1 is 1.12 bits per heavy atom. The molecule has 3 aliphatic rings. The van der Waals surface area contributed by atoms with Crippen molar-refractivity contribution in [2.75, 3.05) is 26.8 Å². The number of hydrogen-bond donors (Lipinski definition) is 1. The molecule has 2 aliphatic carbocycles. The molecule has 1 aromatic carbocycles. The number of amides is 1. The molecule has 1 N–H and O–H groups in total. The number of carbonyl (C=O) groups is 1. The van der Waals surface area contributed by atoms with Gasteiger partial charge in [0.25, 0.3) is 11.9 Å². The van der Waals surface area contributed by atoms with Crippen molar-refractivity contribution >= 4 is 5.91 Å². The number of piperidine rings is 1. The number of hydrogen-bond acceptors (Lipinski definition) is 6. The van der Waals surface area contributed by atoms with Crippen LogP contribution >= 0.6 is 0 Å². The van der Waals surface area contributed by atoms with Gasteiger partial charge in [0, 0.05) is 37.4 Å². The van der Waals surface area contributed by atoms with Gasteiger partial charge in [-0.3, -0.25) is 4.79 Å². The number of fused-ring (bicyclic) bond motifs is 3. The van der Waals surface area contributed by atoms with E-state index in [0.29, 0.717) is 36.4 Å². The lowest BCUT2D eigenvalue weighted by molar-refractivity contribution is 0.0649. The van der Waals surface area contributed by atoms with E-state index in [2.05, 4.69) is 16.1 Å². The Morgan fingerprint density at radius 2 is 1.91 bits per heavy atom. The molecule has 0 spiro atoms. The highest BCUT2D eigenvalue weighted by atomic mass is 16.5. The van der Waals surface area contributed by atoms with Crippen molar-refractivity contribution in [3.05, 3.63) is 53.0 Å². The molecule has 34 heavy (non-hydrogen) atoms. The third kappa shape index (κ3) is 3.66. The highest BCUT2D eigenvalue weighted by Gasteiger charge is 2.36. The minimum absolute atomic E-state index is 0.0255. The normalized spacial score (nSPS) is 17.9. The number of methoxy groups -OCH3 is 1. The van der Waals surface area contributed by atoms with Crippen LogP contribution in [0.25, 0.3) is 17.2 Å². The molecule has 0 atom stereocenters. The number of likely N-dealkylation sites (tertiary alicyclic amines) is 1. The molecule has 0 radical (unpaired) electrons. The van der Waals surface area contributed by atoms with Gasteiger partial charge >= 0.3 is 0 Å². The second-order valence-electron chi connectivity index (χ2n) is 9.61. The number of ether oxygens (including phenoxy) is 1. The molecule has 1 aliphatic heterocycles. The second kappa shape index (κ2) is 8.51. The SMILES string of the molecule is COc1ccc2c(c1)-c1nc(-n3ncc(C(=O)N4CCC(CO)CC4)c3C3CC3)ncc1CC2. The molecule has 6 rings (SSSR count). The summed E-state index contributed by atoms with van der Waals surface area (Å²) in [6, 6.07) is 6.14. The van der Waals surface area contributed by atoms with Crippen LogP contribution in [0.5, 0.6) is 5.75 Å². The maximum atomic E-state index is 13.4. The molecule has 2 fully saturated rings. The summed E-state index contributed by atoms with van der Waals surface area (Å²) in [4.78, 5) is 24.9. The largest absolute Gasteiger partial charge is 0.497 e. The molecule has 3 aromatic rings. The first kappa shape index (κ1) is 21.3. The van der Waals surface area contributed by atoms with Gasteiger partial charge in [-0.05, 0) is 67.7 Å². The molecular weight excluding hydrogens is 430 g/mol. The first-order valence-corrected chi connectivity index (χ1v) is 12.2. The third-order valence-corrected chi connectivity index (χ3v) is 7.44. The summed E-state index contributed by atoms with van der Waals surface area (Å²) in [5.74, 6) is 1.94. The fourth-order valence-electron chi connectivity index (χ4n) is 5.23. The summed E-state index contributed by atoms with van der Waals surface area (Å²) in [5.41, 5.74) is 5.95. The quantitative estimate of drug-likeness (QED) is 0.630. The van der Waals surface area contributed by atoms with Crippen LogP contribution in [0.2, 0.25) is 0 Å².